The molecule has 0 aromatic rings. The van der Waals surface area contributed by atoms with Gasteiger partial charge in [-0.05, 0) is 13.0 Å². The molecule has 0 bridgehead atoms. The highest BCUT2D eigenvalue weighted by molar-refractivity contribution is 8.06. The third-order valence-electron chi connectivity index (χ3n) is 1.42. The standard InChI is InChI=1S/C7H18N2O4S2/c1-3-4-8-5-6-9-15(12,13)7-14(2,10)11/h8-9H,3-7H2,1-2H3. The molecule has 2 N–H and O–H groups in total. The van der Waals surface area contributed by atoms with Crippen molar-refractivity contribution in [2.24, 2.45) is 0 Å². The van der Waals surface area contributed by atoms with Crippen molar-refractivity contribution in [3.05, 3.63) is 0 Å². The van der Waals surface area contributed by atoms with Gasteiger partial charge in [-0.15, -0.1) is 0 Å². The van der Waals surface area contributed by atoms with E-state index < -0.39 is 24.9 Å². The van der Waals surface area contributed by atoms with E-state index in [0.717, 1.165) is 19.2 Å². The van der Waals surface area contributed by atoms with Crippen LogP contribution in [0.4, 0.5) is 0 Å². The van der Waals surface area contributed by atoms with Gasteiger partial charge in [-0.25, -0.2) is 21.6 Å². The van der Waals surface area contributed by atoms with Crippen LogP contribution in [0.3, 0.4) is 0 Å². The number of sulfone groups is 1. The molecular formula is C7H18N2O4S2. The Morgan fingerprint density at radius 2 is 1.60 bits per heavy atom. The van der Waals surface area contributed by atoms with Gasteiger partial charge in [-0.2, -0.15) is 0 Å². The Kier molecular flexibility index (Phi) is 6.34. The molecule has 0 atom stereocenters. The van der Waals surface area contributed by atoms with Crippen LogP contribution in [0.25, 0.3) is 0 Å². The summed E-state index contributed by atoms with van der Waals surface area (Å²) in [5.74, 6) is 0. The summed E-state index contributed by atoms with van der Waals surface area (Å²) < 4.78 is 46.0. The Hall–Kier alpha value is -0.180. The Balaban J connectivity index is 3.86. The zero-order valence-electron chi connectivity index (χ0n) is 8.99. The molecule has 0 heterocycles. The molecule has 0 aromatic carbocycles. The Morgan fingerprint density at radius 1 is 1.00 bits per heavy atom. The molecular weight excluding hydrogens is 240 g/mol. The molecule has 0 aliphatic carbocycles. The number of nitrogens with one attached hydrogen (secondary N) is 2. The number of hydrogen-bond acceptors (Lipinski definition) is 5. The van der Waals surface area contributed by atoms with Crippen molar-refractivity contribution in [2.45, 2.75) is 13.3 Å². The average Bonchev–Trinajstić information content (AvgIpc) is 1.99. The maximum absolute atomic E-state index is 11.2. The summed E-state index contributed by atoms with van der Waals surface area (Å²) in [5, 5.41) is 2.14. The van der Waals surface area contributed by atoms with Gasteiger partial charge in [0.2, 0.25) is 10.0 Å². The van der Waals surface area contributed by atoms with E-state index in [-0.39, 0.29) is 6.54 Å². The van der Waals surface area contributed by atoms with Crippen LogP contribution in [-0.2, 0) is 19.9 Å². The van der Waals surface area contributed by atoms with E-state index in [1.54, 1.807) is 0 Å². The fraction of sp³-hybridized carbons (Fsp3) is 1.00. The highest BCUT2D eigenvalue weighted by atomic mass is 32.3. The monoisotopic (exact) mass is 258 g/mol. The van der Waals surface area contributed by atoms with E-state index in [2.05, 4.69) is 10.0 Å². The number of hydrogen-bond donors (Lipinski definition) is 2. The lowest BCUT2D eigenvalue weighted by molar-refractivity contribution is 0.575. The van der Waals surface area contributed by atoms with E-state index >= 15 is 0 Å². The lowest BCUT2D eigenvalue weighted by atomic mass is 10.5. The summed E-state index contributed by atoms with van der Waals surface area (Å²) in [6.07, 6.45) is 1.86. The van der Waals surface area contributed by atoms with E-state index in [1.165, 1.54) is 0 Å². The molecule has 0 aliphatic heterocycles. The molecule has 0 rings (SSSR count). The van der Waals surface area contributed by atoms with Gasteiger partial charge in [0.1, 0.15) is 0 Å². The summed E-state index contributed by atoms with van der Waals surface area (Å²) in [6.45, 7) is 3.52. The maximum atomic E-state index is 11.2. The molecule has 0 aromatic heterocycles. The van der Waals surface area contributed by atoms with Crippen molar-refractivity contribution in [2.75, 3.05) is 31.0 Å². The minimum atomic E-state index is -3.70. The lowest BCUT2D eigenvalue weighted by Gasteiger charge is -2.06. The summed E-state index contributed by atoms with van der Waals surface area (Å²) in [7, 11) is -7.20. The van der Waals surface area contributed by atoms with E-state index in [0.29, 0.717) is 6.54 Å². The van der Waals surface area contributed by atoms with Gasteiger partial charge in [0, 0.05) is 19.3 Å². The van der Waals surface area contributed by atoms with E-state index in [9.17, 15) is 16.8 Å². The van der Waals surface area contributed by atoms with Crippen LogP contribution in [0, 0.1) is 0 Å². The van der Waals surface area contributed by atoms with Crippen LogP contribution >= 0.6 is 0 Å². The highest BCUT2D eigenvalue weighted by Gasteiger charge is 2.16. The van der Waals surface area contributed by atoms with Crippen LogP contribution in [0.2, 0.25) is 0 Å². The Morgan fingerprint density at radius 3 is 2.07 bits per heavy atom. The quantitative estimate of drug-likeness (QED) is 0.540. The average molecular weight is 258 g/mol. The maximum Gasteiger partial charge on any atom is 0.226 e. The second-order valence-corrected chi connectivity index (χ2v) is 7.62. The van der Waals surface area contributed by atoms with Crippen molar-refractivity contribution < 1.29 is 16.8 Å². The highest BCUT2D eigenvalue weighted by Crippen LogP contribution is 1.90. The molecule has 0 radical (unpaired) electrons. The third kappa shape index (κ3) is 10.1. The molecule has 6 nitrogen and oxygen atoms in total. The summed E-state index contributed by atoms with van der Waals surface area (Å²) >= 11 is 0. The van der Waals surface area contributed by atoms with Crippen molar-refractivity contribution in [3.63, 3.8) is 0 Å². The normalized spacial score (nSPS) is 12.9. The SMILES string of the molecule is CCCNCCNS(=O)(=O)CS(C)(=O)=O. The minimum Gasteiger partial charge on any atom is -0.315 e. The van der Waals surface area contributed by atoms with Crippen molar-refractivity contribution in [3.8, 4) is 0 Å². The zero-order chi connectivity index (χ0) is 11.9. The summed E-state index contributed by atoms with van der Waals surface area (Å²) in [4.78, 5) is 0. The largest absolute Gasteiger partial charge is 0.315 e. The Bertz CT molecular complexity index is 360. The van der Waals surface area contributed by atoms with Gasteiger partial charge < -0.3 is 5.32 Å². The minimum absolute atomic E-state index is 0.206. The van der Waals surface area contributed by atoms with E-state index in [1.807, 2.05) is 6.92 Å². The van der Waals surface area contributed by atoms with Crippen molar-refractivity contribution in [1.29, 1.82) is 0 Å². The summed E-state index contributed by atoms with van der Waals surface area (Å²) in [5.41, 5.74) is 0. The molecule has 0 fully saturated rings. The van der Waals surface area contributed by atoms with E-state index in [4.69, 9.17) is 0 Å². The van der Waals surface area contributed by atoms with Crippen molar-refractivity contribution in [1.82, 2.24) is 10.0 Å². The van der Waals surface area contributed by atoms with Crippen LogP contribution < -0.4 is 10.0 Å². The fourth-order valence-corrected chi connectivity index (χ4v) is 3.92. The summed E-state index contributed by atoms with van der Waals surface area (Å²) in [6, 6.07) is 0. The molecule has 0 saturated carbocycles. The van der Waals surface area contributed by atoms with Gasteiger partial charge in [0.15, 0.2) is 14.9 Å². The van der Waals surface area contributed by atoms with Gasteiger partial charge in [0.25, 0.3) is 0 Å². The zero-order valence-corrected chi connectivity index (χ0v) is 10.6. The smallest absolute Gasteiger partial charge is 0.226 e. The number of rotatable bonds is 8. The Labute approximate surface area is 91.4 Å². The van der Waals surface area contributed by atoms with Crippen molar-refractivity contribution >= 4 is 19.9 Å². The molecule has 0 amide bonds. The third-order valence-corrected chi connectivity index (χ3v) is 5.02. The van der Waals surface area contributed by atoms with Crippen LogP contribution in [0.5, 0.6) is 0 Å². The first-order chi connectivity index (χ1) is 6.77. The predicted octanol–water partition coefficient (Wildman–Crippen LogP) is -1.09. The topological polar surface area (TPSA) is 92.3 Å². The predicted molar refractivity (Wildman–Crippen MR) is 59.8 cm³/mol. The first-order valence-electron chi connectivity index (χ1n) is 4.62. The first kappa shape index (κ1) is 14.8. The molecule has 0 unspecified atom stereocenters. The molecule has 0 aliphatic rings. The second kappa shape index (κ2) is 6.41. The van der Waals surface area contributed by atoms with Gasteiger partial charge in [-0.1, -0.05) is 6.92 Å². The lowest BCUT2D eigenvalue weighted by Crippen LogP contribution is -2.35. The molecule has 92 valence electrons. The fourth-order valence-electron chi connectivity index (χ4n) is 0.920. The van der Waals surface area contributed by atoms with Crippen LogP contribution in [0.15, 0.2) is 0 Å². The number of sulfonamides is 1. The molecule has 0 saturated heterocycles. The second-order valence-electron chi connectivity index (χ2n) is 3.30. The molecule has 8 heteroatoms. The molecule has 15 heavy (non-hydrogen) atoms. The first-order valence-corrected chi connectivity index (χ1v) is 8.34. The van der Waals surface area contributed by atoms with Gasteiger partial charge >= 0.3 is 0 Å². The molecule has 0 spiro atoms. The van der Waals surface area contributed by atoms with Crippen LogP contribution in [0.1, 0.15) is 13.3 Å². The van der Waals surface area contributed by atoms with Gasteiger partial charge in [0.05, 0.1) is 0 Å². The van der Waals surface area contributed by atoms with Crippen LogP contribution in [-0.4, -0.2) is 47.8 Å². The van der Waals surface area contributed by atoms with Gasteiger partial charge in [-0.3, -0.25) is 0 Å².